The smallest absolute Gasteiger partial charge is 0.238 e. The first-order valence-electron chi connectivity index (χ1n) is 7.74. The van der Waals surface area contributed by atoms with Gasteiger partial charge in [-0.3, -0.25) is 9.69 Å². The van der Waals surface area contributed by atoms with Crippen LogP contribution in [0.15, 0.2) is 42.5 Å². The van der Waals surface area contributed by atoms with Crippen LogP contribution in [0.3, 0.4) is 0 Å². The van der Waals surface area contributed by atoms with Crippen LogP contribution in [0.2, 0.25) is 0 Å². The molecule has 1 N–H and O–H groups in total. The molecule has 3 rings (SSSR count). The zero-order chi connectivity index (χ0) is 17.1. The van der Waals surface area contributed by atoms with Crippen molar-refractivity contribution in [1.29, 1.82) is 0 Å². The molecule has 1 aliphatic rings. The van der Waals surface area contributed by atoms with Gasteiger partial charge in [0.1, 0.15) is 17.5 Å². The molecule has 1 fully saturated rings. The van der Waals surface area contributed by atoms with Crippen molar-refractivity contribution >= 4 is 11.6 Å². The molecule has 0 aliphatic heterocycles. The molecule has 2 aromatic rings. The van der Waals surface area contributed by atoms with Gasteiger partial charge in [0, 0.05) is 18.7 Å². The molecule has 0 bridgehead atoms. The maximum atomic E-state index is 13.6. The average Bonchev–Trinajstić information content (AvgIpc) is 3.36. The standard InChI is InChI=1S/C18H17F3N2O/c19-13-3-1-12(2-4-13)10-23(15-6-7-15)11-18(24)22-17-8-5-14(20)9-16(17)21/h1-5,8-9,15H,6-7,10-11H2,(H,22,24). The molecule has 1 amide bonds. The van der Waals surface area contributed by atoms with Crippen LogP contribution in [0.5, 0.6) is 0 Å². The molecule has 0 radical (unpaired) electrons. The van der Waals surface area contributed by atoms with E-state index in [1.165, 1.54) is 18.2 Å². The Kier molecular flexibility index (Phi) is 4.85. The quantitative estimate of drug-likeness (QED) is 0.873. The molecule has 24 heavy (non-hydrogen) atoms. The van der Waals surface area contributed by atoms with Gasteiger partial charge >= 0.3 is 0 Å². The Morgan fingerprint density at radius 1 is 1.04 bits per heavy atom. The van der Waals surface area contributed by atoms with Gasteiger partial charge in [-0.1, -0.05) is 12.1 Å². The van der Waals surface area contributed by atoms with E-state index >= 15 is 0 Å². The molecule has 1 saturated carbocycles. The lowest BCUT2D eigenvalue weighted by molar-refractivity contribution is -0.117. The minimum atomic E-state index is -0.806. The van der Waals surface area contributed by atoms with E-state index in [2.05, 4.69) is 5.32 Å². The highest BCUT2D eigenvalue weighted by Gasteiger charge is 2.30. The Labute approximate surface area is 138 Å². The topological polar surface area (TPSA) is 32.3 Å². The van der Waals surface area contributed by atoms with E-state index in [1.54, 1.807) is 12.1 Å². The van der Waals surface area contributed by atoms with E-state index in [4.69, 9.17) is 0 Å². The highest BCUT2D eigenvalue weighted by molar-refractivity contribution is 5.92. The summed E-state index contributed by atoms with van der Waals surface area (Å²) in [6, 6.07) is 9.46. The van der Waals surface area contributed by atoms with Crippen LogP contribution in [0.1, 0.15) is 18.4 Å². The van der Waals surface area contributed by atoms with Crippen molar-refractivity contribution in [2.75, 3.05) is 11.9 Å². The lowest BCUT2D eigenvalue weighted by Crippen LogP contribution is -2.34. The van der Waals surface area contributed by atoms with Gasteiger partial charge in [-0.15, -0.1) is 0 Å². The highest BCUT2D eigenvalue weighted by Crippen LogP contribution is 2.28. The molecule has 1 aliphatic carbocycles. The largest absolute Gasteiger partial charge is 0.322 e. The first-order chi connectivity index (χ1) is 11.5. The Bertz CT molecular complexity index is 730. The van der Waals surface area contributed by atoms with Gasteiger partial charge in [-0.05, 0) is 42.7 Å². The molecular weight excluding hydrogens is 317 g/mol. The fraction of sp³-hybridized carbons (Fsp3) is 0.278. The van der Waals surface area contributed by atoms with E-state index < -0.39 is 11.6 Å². The van der Waals surface area contributed by atoms with E-state index in [0.29, 0.717) is 12.6 Å². The Hall–Kier alpha value is -2.34. The Morgan fingerprint density at radius 2 is 1.71 bits per heavy atom. The summed E-state index contributed by atoms with van der Waals surface area (Å²) < 4.78 is 39.5. The molecule has 2 aromatic carbocycles. The van der Waals surface area contributed by atoms with E-state index in [0.717, 1.165) is 30.5 Å². The van der Waals surface area contributed by atoms with Crippen LogP contribution in [0.25, 0.3) is 0 Å². The summed E-state index contributed by atoms with van der Waals surface area (Å²) in [6.45, 7) is 0.614. The lowest BCUT2D eigenvalue weighted by atomic mass is 10.2. The van der Waals surface area contributed by atoms with Crippen molar-refractivity contribution in [3.8, 4) is 0 Å². The number of nitrogens with one attached hydrogen (secondary N) is 1. The molecular formula is C18H17F3N2O. The second kappa shape index (κ2) is 7.05. The van der Waals surface area contributed by atoms with Crippen molar-refractivity contribution in [2.45, 2.75) is 25.4 Å². The van der Waals surface area contributed by atoms with Crippen molar-refractivity contribution in [2.24, 2.45) is 0 Å². The number of hydrogen-bond donors (Lipinski definition) is 1. The molecule has 0 spiro atoms. The highest BCUT2D eigenvalue weighted by atomic mass is 19.1. The van der Waals surface area contributed by atoms with Gasteiger partial charge in [0.2, 0.25) is 5.91 Å². The number of hydrogen-bond acceptors (Lipinski definition) is 2. The summed E-state index contributed by atoms with van der Waals surface area (Å²) in [5, 5.41) is 2.46. The van der Waals surface area contributed by atoms with E-state index in [9.17, 15) is 18.0 Å². The number of halogens is 3. The van der Waals surface area contributed by atoms with Gasteiger partial charge in [-0.25, -0.2) is 13.2 Å². The summed E-state index contributed by atoms with van der Waals surface area (Å²) >= 11 is 0. The van der Waals surface area contributed by atoms with Crippen molar-refractivity contribution < 1.29 is 18.0 Å². The van der Waals surface area contributed by atoms with Crippen LogP contribution in [0.4, 0.5) is 18.9 Å². The third-order valence-electron chi connectivity index (χ3n) is 3.91. The first kappa shape index (κ1) is 16.5. The average molecular weight is 334 g/mol. The molecule has 0 saturated heterocycles. The van der Waals surface area contributed by atoms with E-state index in [1.807, 2.05) is 4.90 Å². The van der Waals surface area contributed by atoms with Crippen molar-refractivity contribution in [3.05, 3.63) is 65.5 Å². The van der Waals surface area contributed by atoms with Gasteiger partial charge in [-0.2, -0.15) is 0 Å². The number of amides is 1. The van der Waals surface area contributed by atoms with Gasteiger partial charge in [0.05, 0.1) is 12.2 Å². The zero-order valence-corrected chi connectivity index (χ0v) is 12.9. The van der Waals surface area contributed by atoms with Gasteiger partial charge in [0.15, 0.2) is 0 Å². The number of carbonyl (C=O) groups excluding carboxylic acids is 1. The second-order valence-electron chi connectivity index (χ2n) is 5.93. The third-order valence-corrected chi connectivity index (χ3v) is 3.91. The summed E-state index contributed by atoms with van der Waals surface area (Å²) in [5.41, 5.74) is 0.864. The van der Waals surface area contributed by atoms with Crippen molar-refractivity contribution in [3.63, 3.8) is 0 Å². The summed E-state index contributed by atoms with van der Waals surface area (Å²) in [4.78, 5) is 14.1. The lowest BCUT2D eigenvalue weighted by Gasteiger charge is -2.21. The first-order valence-corrected chi connectivity index (χ1v) is 7.74. The van der Waals surface area contributed by atoms with Gasteiger partial charge in [0.25, 0.3) is 0 Å². The minimum Gasteiger partial charge on any atom is -0.322 e. The predicted molar refractivity (Wildman–Crippen MR) is 84.8 cm³/mol. The summed E-state index contributed by atoms with van der Waals surface area (Å²) in [5.74, 6) is -2.17. The Morgan fingerprint density at radius 3 is 2.33 bits per heavy atom. The number of nitrogens with zero attached hydrogens (tertiary/aromatic N) is 1. The van der Waals surface area contributed by atoms with Crippen LogP contribution in [-0.2, 0) is 11.3 Å². The molecule has 0 unspecified atom stereocenters. The summed E-state index contributed by atoms with van der Waals surface area (Å²) in [7, 11) is 0. The minimum absolute atomic E-state index is 0.0427. The van der Waals surface area contributed by atoms with Crippen LogP contribution < -0.4 is 5.32 Å². The molecule has 0 aromatic heterocycles. The van der Waals surface area contributed by atoms with Gasteiger partial charge < -0.3 is 5.32 Å². The van der Waals surface area contributed by atoms with Crippen LogP contribution in [0, 0.1) is 17.5 Å². The molecule has 0 heterocycles. The summed E-state index contributed by atoms with van der Waals surface area (Å²) in [6.07, 6.45) is 2.00. The molecule has 0 atom stereocenters. The van der Waals surface area contributed by atoms with Crippen LogP contribution in [-0.4, -0.2) is 23.4 Å². The number of carbonyl (C=O) groups is 1. The SMILES string of the molecule is O=C(CN(Cc1ccc(F)cc1)C1CC1)Nc1ccc(F)cc1F. The maximum absolute atomic E-state index is 13.6. The fourth-order valence-electron chi connectivity index (χ4n) is 2.54. The van der Waals surface area contributed by atoms with Crippen molar-refractivity contribution in [1.82, 2.24) is 4.90 Å². The molecule has 3 nitrogen and oxygen atoms in total. The Balaban J connectivity index is 1.62. The van der Waals surface area contributed by atoms with Crippen LogP contribution >= 0.6 is 0 Å². The zero-order valence-electron chi connectivity index (χ0n) is 12.9. The normalized spacial score (nSPS) is 14.0. The number of benzene rings is 2. The monoisotopic (exact) mass is 334 g/mol. The number of anilines is 1. The van der Waals surface area contributed by atoms with E-state index in [-0.39, 0.29) is 24.0 Å². The maximum Gasteiger partial charge on any atom is 0.238 e. The third kappa shape index (κ3) is 4.35. The molecule has 126 valence electrons. The predicted octanol–water partition coefficient (Wildman–Crippen LogP) is 3.71. The molecule has 6 heteroatoms. The number of rotatable bonds is 6. The second-order valence-corrected chi connectivity index (χ2v) is 5.93. The fourth-order valence-corrected chi connectivity index (χ4v) is 2.54.